The van der Waals surface area contributed by atoms with Crippen LogP contribution in [0.3, 0.4) is 0 Å². The summed E-state index contributed by atoms with van der Waals surface area (Å²) in [5, 5.41) is 7.61. The lowest BCUT2D eigenvalue weighted by Crippen LogP contribution is -2.14. The second-order valence-corrected chi connectivity index (χ2v) is 5.22. The van der Waals surface area contributed by atoms with Crippen molar-refractivity contribution in [2.75, 3.05) is 6.61 Å². The molecule has 0 fully saturated rings. The van der Waals surface area contributed by atoms with E-state index in [2.05, 4.69) is 10.3 Å². The van der Waals surface area contributed by atoms with E-state index in [1.807, 2.05) is 0 Å². The van der Waals surface area contributed by atoms with Crippen LogP contribution in [0.2, 0.25) is 0 Å². The van der Waals surface area contributed by atoms with E-state index in [-0.39, 0.29) is 0 Å². The molecule has 138 valence electrons. The molecule has 2 aromatic carbocycles. The lowest BCUT2D eigenvalue weighted by Gasteiger charge is -2.10. The van der Waals surface area contributed by atoms with Crippen LogP contribution in [0.5, 0.6) is 11.5 Å². The van der Waals surface area contributed by atoms with Crippen LogP contribution in [0.15, 0.2) is 58.8 Å². The Morgan fingerprint density at radius 1 is 1.00 bits per heavy atom. The number of nitrogens with zero attached hydrogens (tertiary/aromatic N) is 2. The summed E-state index contributed by atoms with van der Waals surface area (Å²) in [6, 6.07) is 11.3. The van der Waals surface area contributed by atoms with Crippen LogP contribution >= 0.6 is 0 Å². The number of ether oxygens (including phenoxy) is 1. The minimum atomic E-state index is -4.38. The zero-order valence-electron chi connectivity index (χ0n) is 14.2. The van der Waals surface area contributed by atoms with Crippen LogP contribution in [0, 0.1) is 0 Å². The van der Waals surface area contributed by atoms with Crippen molar-refractivity contribution < 1.29 is 22.7 Å². The summed E-state index contributed by atoms with van der Waals surface area (Å²) in [6.07, 6.45) is -4.38. The number of benzene rings is 2. The smallest absolute Gasteiger partial charge is 0.416 e. The lowest BCUT2D eigenvalue weighted by molar-refractivity contribution is -0.137. The molecule has 0 aliphatic heterocycles. The minimum absolute atomic E-state index is 0.300. The zero-order valence-corrected chi connectivity index (χ0v) is 14.2. The monoisotopic (exact) mass is 365 g/mol. The quantitative estimate of drug-likeness (QED) is 0.463. The van der Waals surface area contributed by atoms with E-state index in [1.54, 1.807) is 38.1 Å². The molecule has 0 aliphatic rings. The third-order valence-electron chi connectivity index (χ3n) is 3.37. The predicted octanol–water partition coefficient (Wildman–Crippen LogP) is 4.57. The molecule has 8 heteroatoms. The van der Waals surface area contributed by atoms with Gasteiger partial charge in [0.25, 0.3) is 0 Å². The average Bonchev–Trinajstić information content (AvgIpc) is 2.62. The number of oxime groups is 1. The van der Waals surface area contributed by atoms with Gasteiger partial charge >= 0.3 is 6.18 Å². The molecule has 0 bridgehead atoms. The molecule has 0 unspecified atom stereocenters. The van der Waals surface area contributed by atoms with Gasteiger partial charge in [-0.3, -0.25) is 0 Å². The number of hydrogen-bond donors (Lipinski definition) is 1. The van der Waals surface area contributed by atoms with Crippen LogP contribution in [-0.2, 0) is 11.0 Å². The van der Waals surface area contributed by atoms with Crippen molar-refractivity contribution in [1.82, 2.24) is 0 Å². The summed E-state index contributed by atoms with van der Waals surface area (Å²) in [7, 11) is 0. The van der Waals surface area contributed by atoms with Crippen molar-refractivity contribution in [2.24, 2.45) is 16.1 Å². The Labute approximate surface area is 148 Å². The van der Waals surface area contributed by atoms with Crippen molar-refractivity contribution >= 4 is 11.4 Å². The van der Waals surface area contributed by atoms with E-state index in [1.165, 1.54) is 12.1 Å². The molecule has 0 aromatic heterocycles. The van der Waals surface area contributed by atoms with Gasteiger partial charge in [0.05, 0.1) is 11.3 Å². The molecule has 2 aromatic rings. The molecule has 0 radical (unpaired) electrons. The largest absolute Gasteiger partial charge is 0.457 e. The van der Waals surface area contributed by atoms with E-state index < -0.39 is 11.7 Å². The van der Waals surface area contributed by atoms with Gasteiger partial charge in [-0.1, -0.05) is 5.16 Å². The fourth-order valence-electron chi connectivity index (χ4n) is 2.05. The van der Waals surface area contributed by atoms with Gasteiger partial charge in [-0.05, 0) is 62.4 Å². The molecule has 0 heterocycles. The maximum Gasteiger partial charge on any atom is 0.416 e. The Morgan fingerprint density at radius 3 is 2.00 bits per heavy atom. The Bertz CT molecular complexity index is 783. The van der Waals surface area contributed by atoms with Gasteiger partial charge in [-0.2, -0.15) is 18.3 Å². The van der Waals surface area contributed by atoms with Crippen molar-refractivity contribution in [1.29, 1.82) is 0 Å². The van der Waals surface area contributed by atoms with Crippen LogP contribution in [0.25, 0.3) is 0 Å². The molecule has 2 N–H and O–H groups in total. The Hall–Kier alpha value is -3.03. The standard InChI is InChI=1S/C18H18F3N3O2/c1-3-25-24-17(12(2)23-22)13-4-8-15(9-5-13)26-16-10-6-14(7-11-16)18(19,20)21/h4-11H,3,22H2,1-2H3/b23-12+,24-17-. The summed E-state index contributed by atoms with van der Waals surface area (Å²) in [5.74, 6) is 6.07. The molecule has 5 nitrogen and oxygen atoms in total. The maximum atomic E-state index is 12.6. The van der Waals surface area contributed by atoms with E-state index in [0.29, 0.717) is 35.1 Å². The predicted molar refractivity (Wildman–Crippen MR) is 93.4 cm³/mol. The maximum absolute atomic E-state index is 12.6. The molecular formula is C18H18F3N3O2. The van der Waals surface area contributed by atoms with Gasteiger partial charge in [0.15, 0.2) is 0 Å². The van der Waals surface area contributed by atoms with E-state index in [9.17, 15) is 13.2 Å². The summed E-state index contributed by atoms with van der Waals surface area (Å²) in [6.45, 7) is 3.90. The van der Waals surface area contributed by atoms with Gasteiger partial charge in [-0.15, -0.1) is 0 Å². The first-order chi connectivity index (χ1) is 12.3. The molecular weight excluding hydrogens is 347 g/mol. The number of hydrazone groups is 1. The number of rotatable bonds is 6. The Balaban J connectivity index is 2.16. The van der Waals surface area contributed by atoms with Gasteiger partial charge in [-0.25, -0.2) is 0 Å². The Kier molecular flexibility index (Phi) is 6.21. The summed E-state index contributed by atoms with van der Waals surface area (Å²) in [5.41, 5.74) is 0.962. The van der Waals surface area contributed by atoms with Gasteiger partial charge < -0.3 is 15.4 Å². The summed E-state index contributed by atoms with van der Waals surface area (Å²) >= 11 is 0. The highest BCUT2D eigenvalue weighted by atomic mass is 19.4. The van der Waals surface area contributed by atoms with Crippen LogP contribution in [0.1, 0.15) is 25.0 Å². The van der Waals surface area contributed by atoms with Crippen LogP contribution in [0.4, 0.5) is 13.2 Å². The first-order valence-corrected chi connectivity index (χ1v) is 7.75. The molecule has 0 aliphatic carbocycles. The topological polar surface area (TPSA) is 69.2 Å². The third-order valence-corrected chi connectivity index (χ3v) is 3.37. The lowest BCUT2D eigenvalue weighted by atomic mass is 10.1. The highest BCUT2D eigenvalue weighted by molar-refractivity contribution is 6.47. The van der Waals surface area contributed by atoms with Crippen molar-refractivity contribution in [2.45, 2.75) is 20.0 Å². The van der Waals surface area contributed by atoms with Gasteiger partial charge in [0, 0.05) is 5.56 Å². The fourth-order valence-corrected chi connectivity index (χ4v) is 2.05. The third kappa shape index (κ3) is 4.98. The van der Waals surface area contributed by atoms with E-state index >= 15 is 0 Å². The SMILES string of the molecule is CCO/N=C(/C(C)=N/N)c1ccc(Oc2ccc(C(F)(F)F)cc2)cc1. The van der Waals surface area contributed by atoms with Crippen molar-refractivity contribution in [3.63, 3.8) is 0 Å². The fraction of sp³-hybridized carbons (Fsp3) is 0.222. The second kappa shape index (κ2) is 8.37. The van der Waals surface area contributed by atoms with E-state index in [0.717, 1.165) is 12.1 Å². The average molecular weight is 365 g/mol. The zero-order chi connectivity index (χ0) is 19.2. The number of hydrogen-bond acceptors (Lipinski definition) is 5. The van der Waals surface area contributed by atoms with Crippen molar-refractivity contribution in [3.8, 4) is 11.5 Å². The van der Waals surface area contributed by atoms with Gasteiger partial charge in [0.2, 0.25) is 0 Å². The number of nitrogens with two attached hydrogens (primary N) is 1. The first-order valence-electron chi connectivity index (χ1n) is 7.75. The van der Waals surface area contributed by atoms with Crippen LogP contribution in [-0.4, -0.2) is 18.0 Å². The second-order valence-electron chi connectivity index (χ2n) is 5.22. The molecule has 0 saturated carbocycles. The molecule has 0 amide bonds. The van der Waals surface area contributed by atoms with Crippen molar-refractivity contribution in [3.05, 3.63) is 59.7 Å². The highest BCUT2D eigenvalue weighted by Gasteiger charge is 2.30. The van der Waals surface area contributed by atoms with E-state index in [4.69, 9.17) is 15.4 Å². The molecule has 0 atom stereocenters. The number of halogens is 3. The first kappa shape index (κ1) is 19.3. The van der Waals surface area contributed by atoms with Crippen LogP contribution < -0.4 is 10.6 Å². The normalized spacial score (nSPS) is 12.8. The summed E-state index contributed by atoms with van der Waals surface area (Å²) < 4.78 is 43.3. The number of alkyl halides is 3. The molecule has 0 spiro atoms. The molecule has 2 rings (SSSR count). The molecule has 0 saturated heterocycles. The van der Waals surface area contributed by atoms with Gasteiger partial charge in [0.1, 0.15) is 23.8 Å². The Morgan fingerprint density at radius 2 is 1.54 bits per heavy atom. The highest BCUT2D eigenvalue weighted by Crippen LogP contribution is 2.31. The summed E-state index contributed by atoms with van der Waals surface area (Å²) in [4.78, 5) is 5.07. The minimum Gasteiger partial charge on any atom is -0.457 e. The molecule has 26 heavy (non-hydrogen) atoms.